The number of hydrogen-bond acceptors (Lipinski definition) is 5. The van der Waals surface area contributed by atoms with Crippen molar-refractivity contribution < 1.29 is 13.5 Å². The topological polar surface area (TPSA) is 79.3 Å². The van der Waals surface area contributed by atoms with Gasteiger partial charge in [0.2, 0.25) is 10.0 Å². The molecule has 5 nitrogen and oxygen atoms in total. The molecular formula is C15H13ClN2O3S2. The van der Waals surface area contributed by atoms with Crippen molar-refractivity contribution >= 4 is 43.2 Å². The molecule has 2 aromatic carbocycles. The Bertz CT molecular complexity index is 937. The lowest BCUT2D eigenvalue weighted by Gasteiger charge is -2.07. The van der Waals surface area contributed by atoms with Gasteiger partial charge in [0.15, 0.2) is 5.15 Å². The van der Waals surface area contributed by atoms with E-state index in [2.05, 4.69) is 9.10 Å². The van der Waals surface area contributed by atoms with Crippen LogP contribution in [-0.4, -0.2) is 31.0 Å². The molecule has 0 saturated carbocycles. The van der Waals surface area contributed by atoms with Crippen LogP contribution in [0.4, 0.5) is 0 Å². The molecule has 0 aliphatic heterocycles. The maximum absolute atomic E-state index is 12.0. The number of hydrogen-bond donors (Lipinski definition) is 2. The Kier molecular flexibility index (Phi) is 4.65. The first-order valence-corrected chi connectivity index (χ1v) is 9.41. The standard InChI is InChI=1S/C15H13ClN2O3S2/c16-15-13-3-1-2-12(14(13)22-18-15)10-4-6-11(7-5-10)23(20,21)17-8-9-19/h1-7,17,19H,8-9H2. The predicted octanol–water partition coefficient (Wildman–Crippen LogP) is 2.89. The minimum atomic E-state index is -3.60. The number of fused-ring (bicyclic) bond motifs is 1. The van der Waals surface area contributed by atoms with Crippen LogP contribution in [0.15, 0.2) is 47.4 Å². The number of halogens is 1. The van der Waals surface area contributed by atoms with Crippen molar-refractivity contribution in [2.24, 2.45) is 0 Å². The highest BCUT2D eigenvalue weighted by atomic mass is 35.5. The number of aliphatic hydroxyl groups is 1. The molecule has 0 radical (unpaired) electrons. The van der Waals surface area contributed by atoms with Crippen LogP contribution >= 0.6 is 23.1 Å². The lowest BCUT2D eigenvalue weighted by Crippen LogP contribution is -2.26. The number of aliphatic hydroxyl groups excluding tert-OH is 1. The molecule has 1 aromatic heterocycles. The zero-order valence-electron chi connectivity index (χ0n) is 11.9. The normalized spacial score (nSPS) is 11.9. The molecule has 0 amide bonds. The highest BCUT2D eigenvalue weighted by Crippen LogP contribution is 2.35. The SMILES string of the molecule is O=S(=O)(NCCO)c1ccc(-c2cccc3c(Cl)nsc23)cc1. The Morgan fingerprint density at radius 2 is 1.91 bits per heavy atom. The Hall–Kier alpha value is -1.51. The maximum atomic E-state index is 12.0. The monoisotopic (exact) mass is 368 g/mol. The van der Waals surface area contributed by atoms with Crippen molar-refractivity contribution in [3.8, 4) is 11.1 Å². The van der Waals surface area contributed by atoms with E-state index in [-0.39, 0.29) is 18.0 Å². The van der Waals surface area contributed by atoms with Gasteiger partial charge in [-0.2, -0.15) is 4.37 Å². The number of sulfonamides is 1. The predicted molar refractivity (Wildman–Crippen MR) is 92.3 cm³/mol. The second kappa shape index (κ2) is 6.54. The van der Waals surface area contributed by atoms with Gasteiger partial charge in [0.25, 0.3) is 0 Å². The third-order valence-electron chi connectivity index (χ3n) is 3.33. The Balaban J connectivity index is 1.99. The first kappa shape index (κ1) is 16.4. The lowest BCUT2D eigenvalue weighted by atomic mass is 10.0. The summed E-state index contributed by atoms with van der Waals surface area (Å²) >= 11 is 7.37. The molecule has 0 saturated heterocycles. The average molecular weight is 369 g/mol. The molecule has 0 atom stereocenters. The van der Waals surface area contributed by atoms with Crippen molar-refractivity contribution in [1.82, 2.24) is 9.10 Å². The second-order valence-electron chi connectivity index (χ2n) is 4.80. The summed E-state index contributed by atoms with van der Waals surface area (Å²) in [4.78, 5) is 0.157. The number of benzene rings is 2. The van der Waals surface area contributed by atoms with Crippen LogP contribution in [0.25, 0.3) is 21.2 Å². The second-order valence-corrected chi connectivity index (χ2v) is 7.70. The zero-order chi connectivity index (χ0) is 16.4. The molecule has 8 heteroatoms. The molecule has 3 aromatic rings. The molecule has 0 fully saturated rings. The van der Waals surface area contributed by atoms with Crippen LogP contribution in [0.3, 0.4) is 0 Å². The van der Waals surface area contributed by atoms with Gasteiger partial charge in [0.05, 0.1) is 16.2 Å². The Morgan fingerprint density at radius 3 is 2.61 bits per heavy atom. The summed E-state index contributed by atoms with van der Waals surface area (Å²) in [6.07, 6.45) is 0. The fraction of sp³-hybridized carbons (Fsp3) is 0.133. The van der Waals surface area contributed by atoms with Crippen molar-refractivity contribution in [3.05, 3.63) is 47.6 Å². The van der Waals surface area contributed by atoms with Crippen molar-refractivity contribution in [1.29, 1.82) is 0 Å². The van der Waals surface area contributed by atoms with Crippen molar-refractivity contribution in [3.63, 3.8) is 0 Å². The molecule has 0 spiro atoms. The molecule has 23 heavy (non-hydrogen) atoms. The zero-order valence-corrected chi connectivity index (χ0v) is 14.2. The molecule has 0 bridgehead atoms. The highest BCUT2D eigenvalue weighted by Gasteiger charge is 2.14. The summed E-state index contributed by atoms with van der Waals surface area (Å²) in [5, 5.41) is 10.1. The summed E-state index contributed by atoms with van der Waals surface area (Å²) in [6, 6.07) is 12.3. The Morgan fingerprint density at radius 1 is 1.17 bits per heavy atom. The van der Waals surface area contributed by atoms with Gasteiger partial charge < -0.3 is 5.11 Å². The minimum Gasteiger partial charge on any atom is -0.395 e. The molecule has 1 heterocycles. The van der Waals surface area contributed by atoms with Gasteiger partial charge in [0, 0.05) is 17.5 Å². The number of nitrogens with zero attached hydrogens (tertiary/aromatic N) is 1. The van der Waals surface area contributed by atoms with Gasteiger partial charge in [0.1, 0.15) is 0 Å². The van der Waals surface area contributed by atoms with Crippen LogP contribution in [0, 0.1) is 0 Å². The average Bonchev–Trinajstić information content (AvgIpc) is 2.95. The third kappa shape index (κ3) is 3.24. The fourth-order valence-corrected chi connectivity index (χ4v) is 4.39. The van der Waals surface area contributed by atoms with Crippen molar-refractivity contribution in [2.75, 3.05) is 13.2 Å². The summed E-state index contributed by atoms with van der Waals surface area (Å²) in [7, 11) is -3.60. The summed E-state index contributed by atoms with van der Waals surface area (Å²) in [5.74, 6) is 0. The fourth-order valence-electron chi connectivity index (χ4n) is 2.24. The van der Waals surface area contributed by atoms with E-state index in [0.29, 0.717) is 5.15 Å². The van der Waals surface area contributed by atoms with Gasteiger partial charge in [-0.1, -0.05) is 41.9 Å². The van der Waals surface area contributed by atoms with E-state index in [0.717, 1.165) is 21.2 Å². The number of aromatic nitrogens is 1. The van der Waals surface area contributed by atoms with Crippen molar-refractivity contribution in [2.45, 2.75) is 4.90 Å². The quantitative estimate of drug-likeness (QED) is 0.725. The van der Waals surface area contributed by atoms with Crippen LogP contribution in [0.2, 0.25) is 5.15 Å². The van der Waals surface area contributed by atoms with Gasteiger partial charge in [-0.25, -0.2) is 13.1 Å². The third-order valence-corrected chi connectivity index (χ3v) is 6.10. The molecule has 0 aliphatic rings. The van der Waals surface area contributed by atoms with E-state index >= 15 is 0 Å². The van der Waals surface area contributed by atoms with Crippen LogP contribution in [0.1, 0.15) is 0 Å². The molecule has 3 rings (SSSR count). The summed E-state index contributed by atoms with van der Waals surface area (Å²) in [5.41, 5.74) is 1.84. The van der Waals surface area contributed by atoms with Gasteiger partial charge in [-0.3, -0.25) is 0 Å². The highest BCUT2D eigenvalue weighted by molar-refractivity contribution is 7.89. The first-order chi connectivity index (χ1) is 11.0. The van der Waals surface area contributed by atoms with Crippen LogP contribution < -0.4 is 4.72 Å². The van der Waals surface area contributed by atoms with E-state index in [9.17, 15) is 8.42 Å². The molecule has 0 unspecified atom stereocenters. The lowest BCUT2D eigenvalue weighted by molar-refractivity contribution is 0.301. The minimum absolute atomic E-state index is 0.0112. The largest absolute Gasteiger partial charge is 0.395 e. The molecule has 120 valence electrons. The maximum Gasteiger partial charge on any atom is 0.240 e. The smallest absolute Gasteiger partial charge is 0.240 e. The first-order valence-electron chi connectivity index (χ1n) is 6.78. The van der Waals surface area contributed by atoms with Gasteiger partial charge in [-0.15, -0.1) is 0 Å². The summed E-state index contributed by atoms with van der Waals surface area (Å²) in [6.45, 7) is -0.256. The van der Waals surface area contributed by atoms with Crippen LogP contribution in [0.5, 0.6) is 0 Å². The molecule has 0 aliphatic carbocycles. The molecular weight excluding hydrogens is 356 g/mol. The number of rotatable bonds is 5. The van der Waals surface area contributed by atoms with Gasteiger partial charge in [-0.05, 0) is 29.2 Å². The molecule has 2 N–H and O–H groups in total. The van der Waals surface area contributed by atoms with Gasteiger partial charge >= 0.3 is 0 Å². The Labute approximate surface area is 142 Å². The van der Waals surface area contributed by atoms with Crippen LogP contribution in [-0.2, 0) is 10.0 Å². The van der Waals surface area contributed by atoms with E-state index in [4.69, 9.17) is 16.7 Å². The van der Waals surface area contributed by atoms with E-state index in [1.807, 2.05) is 18.2 Å². The summed E-state index contributed by atoms with van der Waals surface area (Å²) < 4.78 is 31.4. The van der Waals surface area contributed by atoms with E-state index < -0.39 is 10.0 Å². The van der Waals surface area contributed by atoms with E-state index in [1.54, 1.807) is 12.1 Å². The van der Waals surface area contributed by atoms with E-state index in [1.165, 1.54) is 23.7 Å². The number of nitrogens with one attached hydrogen (secondary N) is 1.